The van der Waals surface area contributed by atoms with Gasteiger partial charge in [-0.3, -0.25) is 0 Å². The van der Waals surface area contributed by atoms with E-state index in [4.69, 9.17) is 0 Å². The van der Waals surface area contributed by atoms with Crippen LogP contribution in [-0.4, -0.2) is 19.8 Å². The van der Waals surface area contributed by atoms with Crippen molar-refractivity contribution in [2.75, 3.05) is 0 Å². The van der Waals surface area contributed by atoms with Gasteiger partial charge in [0.05, 0.1) is 5.69 Å². The average molecular weight is 336 g/mol. The van der Waals surface area contributed by atoms with E-state index < -0.39 is 0 Å². The van der Waals surface area contributed by atoms with E-state index in [9.17, 15) is 4.39 Å². The lowest BCUT2D eigenvalue weighted by atomic mass is 10.1. The lowest BCUT2D eigenvalue weighted by molar-refractivity contribution is 0.627. The zero-order valence-electron chi connectivity index (χ0n) is 12.6. The summed E-state index contributed by atoms with van der Waals surface area (Å²) in [6.45, 7) is 0. The molecular formula is C18H13FN4S. The average Bonchev–Trinajstić information content (AvgIpc) is 3.04. The van der Waals surface area contributed by atoms with Crippen LogP contribution in [0.4, 0.5) is 4.39 Å². The van der Waals surface area contributed by atoms with Gasteiger partial charge in [-0.15, -0.1) is 10.2 Å². The number of thioether (sulfide) groups is 1. The van der Waals surface area contributed by atoms with Gasteiger partial charge in [-0.2, -0.15) is 9.61 Å². The SMILES string of the molecule is Fc1ccc(CSc2nnc3ccc(-c4ccccc4)nn23)cc1. The number of rotatable bonds is 4. The highest BCUT2D eigenvalue weighted by Crippen LogP contribution is 2.23. The summed E-state index contributed by atoms with van der Waals surface area (Å²) in [5.41, 5.74) is 3.64. The van der Waals surface area contributed by atoms with Crippen molar-refractivity contribution < 1.29 is 4.39 Å². The molecule has 0 aliphatic heterocycles. The van der Waals surface area contributed by atoms with Gasteiger partial charge in [0.2, 0.25) is 5.16 Å². The second-order valence-electron chi connectivity index (χ2n) is 5.25. The Morgan fingerprint density at radius 1 is 0.875 bits per heavy atom. The molecule has 0 saturated carbocycles. The maximum atomic E-state index is 13.0. The molecule has 0 spiro atoms. The molecule has 0 atom stereocenters. The van der Waals surface area contributed by atoms with Crippen molar-refractivity contribution in [2.24, 2.45) is 0 Å². The molecule has 0 saturated heterocycles. The summed E-state index contributed by atoms with van der Waals surface area (Å²) >= 11 is 1.52. The summed E-state index contributed by atoms with van der Waals surface area (Å²) in [4.78, 5) is 0. The Kier molecular flexibility index (Phi) is 3.96. The Morgan fingerprint density at radius 2 is 1.67 bits per heavy atom. The summed E-state index contributed by atoms with van der Waals surface area (Å²) in [5.74, 6) is 0.448. The molecule has 0 aliphatic rings. The number of nitrogens with zero attached hydrogens (tertiary/aromatic N) is 4. The van der Waals surface area contributed by atoms with Crippen molar-refractivity contribution in [3.05, 3.63) is 78.1 Å². The summed E-state index contributed by atoms with van der Waals surface area (Å²) in [6.07, 6.45) is 0. The molecule has 4 rings (SSSR count). The fraction of sp³-hybridized carbons (Fsp3) is 0.0556. The van der Waals surface area contributed by atoms with E-state index in [1.807, 2.05) is 42.5 Å². The number of aromatic nitrogens is 4. The molecule has 118 valence electrons. The van der Waals surface area contributed by atoms with Crippen LogP contribution in [-0.2, 0) is 5.75 Å². The number of hydrogen-bond donors (Lipinski definition) is 0. The monoisotopic (exact) mass is 336 g/mol. The van der Waals surface area contributed by atoms with Crippen LogP contribution in [0.3, 0.4) is 0 Å². The Labute approximate surface area is 142 Å². The van der Waals surface area contributed by atoms with Crippen LogP contribution in [0.25, 0.3) is 16.9 Å². The van der Waals surface area contributed by atoms with Crippen molar-refractivity contribution in [1.29, 1.82) is 0 Å². The van der Waals surface area contributed by atoms with Crippen molar-refractivity contribution in [3.63, 3.8) is 0 Å². The first-order valence-electron chi connectivity index (χ1n) is 7.45. The summed E-state index contributed by atoms with van der Waals surface area (Å²) < 4.78 is 14.7. The molecule has 0 radical (unpaired) electrons. The van der Waals surface area contributed by atoms with E-state index >= 15 is 0 Å². The highest BCUT2D eigenvalue weighted by Gasteiger charge is 2.09. The standard InChI is InChI=1S/C18H13FN4S/c19-15-8-6-13(7-9-15)12-24-18-21-20-17-11-10-16(22-23(17)18)14-4-2-1-3-5-14/h1-11H,12H2. The van der Waals surface area contributed by atoms with E-state index in [1.165, 1.54) is 23.9 Å². The highest BCUT2D eigenvalue weighted by molar-refractivity contribution is 7.98. The van der Waals surface area contributed by atoms with E-state index in [2.05, 4.69) is 15.3 Å². The van der Waals surface area contributed by atoms with Gasteiger partial charge < -0.3 is 0 Å². The molecular weight excluding hydrogens is 323 g/mol. The van der Waals surface area contributed by atoms with E-state index in [0.29, 0.717) is 16.6 Å². The molecule has 0 amide bonds. The Balaban J connectivity index is 1.62. The molecule has 4 aromatic rings. The van der Waals surface area contributed by atoms with Gasteiger partial charge in [0.15, 0.2) is 5.65 Å². The summed E-state index contributed by atoms with van der Waals surface area (Å²) in [6, 6.07) is 20.3. The maximum Gasteiger partial charge on any atom is 0.212 e. The predicted molar refractivity (Wildman–Crippen MR) is 92.2 cm³/mol. The number of benzene rings is 2. The van der Waals surface area contributed by atoms with Crippen LogP contribution in [0.5, 0.6) is 0 Å². The molecule has 6 heteroatoms. The minimum atomic E-state index is -0.231. The quantitative estimate of drug-likeness (QED) is 0.523. The largest absolute Gasteiger partial charge is 0.212 e. The van der Waals surface area contributed by atoms with E-state index in [0.717, 1.165) is 16.8 Å². The molecule has 0 aliphatic carbocycles. The van der Waals surface area contributed by atoms with Crippen LogP contribution in [0, 0.1) is 5.82 Å². The second kappa shape index (κ2) is 6.41. The van der Waals surface area contributed by atoms with Gasteiger partial charge in [-0.05, 0) is 29.8 Å². The number of hydrogen-bond acceptors (Lipinski definition) is 4. The molecule has 0 N–H and O–H groups in total. The third-order valence-corrected chi connectivity index (χ3v) is 4.58. The molecule has 2 aromatic carbocycles. The molecule has 2 heterocycles. The molecule has 24 heavy (non-hydrogen) atoms. The third kappa shape index (κ3) is 3.00. The topological polar surface area (TPSA) is 43.1 Å². The van der Waals surface area contributed by atoms with Gasteiger partial charge in [0, 0.05) is 11.3 Å². The van der Waals surface area contributed by atoms with Crippen LogP contribution in [0.15, 0.2) is 71.9 Å². The molecule has 0 fully saturated rings. The number of halogens is 1. The minimum Gasteiger partial charge on any atom is -0.207 e. The van der Waals surface area contributed by atoms with Gasteiger partial charge in [-0.25, -0.2) is 4.39 Å². The number of fused-ring (bicyclic) bond motifs is 1. The van der Waals surface area contributed by atoms with E-state index in [-0.39, 0.29) is 5.82 Å². The molecule has 0 unspecified atom stereocenters. The summed E-state index contributed by atoms with van der Waals surface area (Å²) in [5, 5.41) is 13.7. The summed E-state index contributed by atoms with van der Waals surface area (Å²) in [7, 11) is 0. The maximum absolute atomic E-state index is 13.0. The normalized spacial score (nSPS) is 11.0. The van der Waals surface area contributed by atoms with Crippen molar-refractivity contribution in [2.45, 2.75) is 10.9 Å². The zero-order chi connectivity index (χ0) is 16.4. The predicted octanol–water partition coefficient (Wildman–Crippen LogP) is 4.22. The first kappa shape index (κ1) is 14.8. The fourth-order valence-electron chi connectivity index (χ4n) is 2.35. The van der Waals surface area contributed by atoms with Gasteiger partial charge in [0.25, 0.3) is 0 Å². The smallest absolute Gasteiger partial charge is 0.207 e. The minimum absolute atomic E-state index is 0.231. The van der Waals surface area contributed by atoms with Crippen molar-refractivity contribution in [3.8, 4) is 11.3 Å². The van der Waals surface area contributed by atoms with Gasteiger partial charge in [0.1, 0.15) is 5.82 Å². The molecule has 4 nitrogen and oxygen atoms in total. The zero-order valence-corrected chi connectivity index (χ0v) is 13.4. The third-order valence-electron chi connectivity index (χ3n) is 3.58. The van der Waals surface area contributed by atoms with Gasteiger partial charge >= 0.3 is 0 Å². The van der Waals surface area contributed by atoms with Crippen LogP contribution in [0.1, 0.15) is 5.56 Å². The lowest BCUT2D eigenvalue weighted by Gasteiger charge is -2.03. The molecule has 0 bridgehead atoms. The lowest BCUT2D eigenvalue weighted by Crippen LogP contribution is -1.96. The second-order valence-corrected chi connectivity index (χ2v) is 6.19. The first-order chi connectivity index (χ1) is 11.8. The van der Waals surface area contributed by atoms with Crippen LogP contribution in [0.2, 0.25) is 0 Å². The Bertz CT molecular complexity index is 967. The highest BCUT2D eigenvalue weighted by atomic mass is 32.2. The first-order valence-corrected chi connectivity index (χ1v) is 8.43. The van der Waals surface area contributed by atoms with Crippen LogP contribution >= 0.6 is 11.8 Å². The Morgan fingerprint density at radius 3 is 2.46 bits per heavy atom. The molecule has 2 aromatic heterocycles. The van der Waals surface area contributed by atoms with Crippen molar-refractivity contribution >= 4 is 17.4 Å². The van der Waals surface area contributed by atoms with Gasteiger partial charge in [-0.1, -0.05) is 54.2 Å². The fourth-order valence-corrected chi connectivity index (χ4v) is 3.19. The van der Waals surface area contributed by atoms with Crippen LogP contribution < -0.4 is 0 Å². The Hall–Kier alpha value is -2.73. The van der Waals surface area contributed by atoms with E-state index in [1.54, 1.807) is 16.6 Å². The van der Waals surface area contributed by atoms with Crippen molar-refractivity contribution in [1.82, 2.24) is 19.8 Å².